The van der Waals surface area contributed by atoms with E-state index in [-0.39, 0.29) is 18.0 Å². The summed E-state index contributed by atoms with van der Waals surface area (Å²) in [6, 6.07) is 5.36. The second-order valence-electron chi connectivity index (χ2n) is 5.17. The maximum absolute atomic E-state index is 12.1. The van der Waals surface area contributed by atoms with Gasteiger partial charge >= 0.3 is 0 Å². The fourth-order valence-electron chi connectivity index (χ4n) is 2.63. The molecule has 6 nitrogen and oxygen atoms in total. The van der Waals surface area contributed by atoms with Crippen molar-refractivity contribution in [1.29, 1.82) is 0 Å². The lowest BCUT2D eigenvalue weighted by atomic mass is 10.0. The monoisotopic (exact) mass is 333 g/mol. The Kier molecular flexibility index (Phi) is 4.36. The Hall–Kier alpha value is -2.31. The van der Waals surface area contributed by atoms with Gasteiger partial charge in [0.05, 0.1) is 19.3 Å². The number of anilines is 1. The van der Waals surface area contributed by atoms with Gasteiger partial charge in [-0.1, -0.05) is 18.2 Å². The zero-order chi connectivity index (χ0) is 16.4. The molecule has 2 aromatic rings. The Morgan fingerprint density at radius 1 is 1.48 bits per heavy atom. The van der Waals surface area contributed by atoms with Crippen molar-refractivity contribution in [2.75, 3.05) is 25.5 Å². The lowest BCUT2D eigenvalue weighted by molar-refractivity contribution is -0.134. The van der Waals surface area contributed by atoms with E-state index in [1.165, 1.54) is 12.3 Å². The summed E-state index contributed by atoms with van der Waals surface area (Å²) in [6.07, 6.45) is 2.77. The van der Waals surface area contributed by atoms with Crippen molar-refractivity contribution >= 4 is 23.5 Å². The van der Waals surface area contributed by atoms with Gasteiger partial charge < -0.3 is 19.8 Å². The molecule has 7 heteroatoms. The number of ether oxygens (including phenoxy) is 1. The van der Waals surface area contributed by atoms with Crippen LogP contribution in [-0.4, -0.2) is 35.5 Å². The minimum Gasteiger partial charge on any atom is -0.432 e. The normalized spacial score (nSPS) is 18.0. The van der Waals surface area contributed by atoms with Crippen LogP contribution in [0.3, 0.4) is 0 Å². The van der Waals surface area contributed by atoms with Crippen LogP contribution in [-0.2, 0) is 9.53 Å². The van der Waals surface area contributed by atoms with Crippen molar-refractivity contribution < 1.29 is 13.9 Å². The molecular formula is C16H16ClN3O3. The SMILES string of the molecule is C=CC(=O)N1CCOC[C@H]1c1cc(Cl)cc(-c2coc(N)n2)c1. The van der Waals surface area contributed by atoms with Gasteiger partial charge in [-0.15, -0.1) is 0 Å². The third-order valence-electron chi connectivity index (χ3n) is 3.71. The molecule has 1 fully saturated rings. The summed E-state index contributed by atoms with van der Waals surface area (Å²) in [4.78, 5) is 17.9. The quantitative estimate of drug-likeness (QED) is 0.873. The molecule has 2 N–H and O–H groups in total. The van der Waals surface area contributed by atoms with Gasteiger partial charge in [0, 0.05) is 17.1 Å². The number of amides is 1. The third kappa shape index (κ3) is 3.23. The zero-order valence-corrected chi connectivity index (χ0v) is 13.1. The van der Waals surface area contributed by atoms with Crippen LogP contribution in [0.2, 0.25) is 5.02 Å². The number of nitrogens with zero attached hydrogens (tertiary/aromatic N) is 2. The first-order valence-electron chi connectivity index (χ1n) is 7.11. The molecule has 1 aromatic heterocycles. The number of carbonyl (C=O) groups is 1. The first-order chi connectivity index (χ1) is 11.1. The largest absolute Gasteiger partial charge is 0.432 e. The molecule has 1 aromatic carbocycles. The number of carbonyl (C=O) groups excluding carboxylic acids is 1. The molecule has 3 rings (SSSR count). The maximum Gasteiger partial charge on any atom is 0.292 e. The lowest BCUT2D eigenvalue weighted by Crippen LogP contribution is -2.42. The number of hydrogen-bond acceptors (Lipinski definition) is 5. The molecule has 1 aliphatic heterocycles. The minimum atomic E-state index is -0.226. The van der Waals surface area contributed by atoms with Gasteiger partial charge in [-0.2, -0.15) is 4.98 Å². The lowest BCUT2D eigenvalue weighted by Gasteiger charge is -2.35. The topological polar surface area (TPSA) is 81.6 Å². The zero-order valence-electron chi connectivity index (χ0n) is 12.4. The van der Waals surface area contributed by atoms with E-state index in [9.17, 15) is 4.79 Å². The summed E-state index contributed by atoms with van der Waals surface area (Å²) >= 11 is 6.23. The highest BCUT2D eigenvalue weighted by Gasteiger charge is 2.28. The summed E-state index contributed by atoms with van der Waals surface area (Å²) in [5, 5.41) is 0.538. The first kappa shape index (κ1) is 15.6. The van der Waals surface area contributed by atoms with E-state index in [4.69, 9.17) is 26.5 Å². The van der Waals surface area contributed by atoms with E-state index < -0.39 is 0 Å². The molecule has 1 saturated heterocycles. The average molecular weight is 334 g/mol. The Labute approximate surface area is 138 Å². The van der Waals surface area contributed by atoms with Crippen LogP contribution in [0.4, 0.5) is 6.01 Å². The summed E-state index contributed by atoms with van der Waals surface area (Å²) < 4.78 is 10.6. The maximum atomic E-state index is 12.1. The van der Waals surface area contributed by atoms with Crippen LogP contribution in [0.5, 0.6) is 0 Å². The number of benzene rings is 1. The van der Waals surface area contributed by atoms with Gasteiger partial charge in [0.25, 0.3) is 6.01 Å². The second kappa shape index (κ2) is 6.44. The van der Waals surface area contributed by atoms with Gasteiger partial charge in [0.2, 0.25) is 5.91 Å². The van der Waals surface area contributed by atoms with Crippen LogP contribution in [0.25, 0.3) is 11.3 Å². The molecule has 1 aliphatic rings. The molecule has 0 radical (unpaired) electrons. The van der Waals surface area contributed by atoms with Gasteiger partial charge in [-0.05, 0) is 29.8 Å². The number of morpholine rings is 1. The van der Waals surface area contributed by atoms with Crippen LogP contribution < -0.4 is 5.73 Å². The molecule has 0 bridgehead atoms. The van der Waals surface area contributed by atoms with Crippen molar-refractivity contribution in [3.05, 3.63) is 47.7 Å². The van der Waals surface area contributed by atoms with E-state index in [1.54, 1.807) is 11.0 Å². The number of oxazole rings is 1. The Bertz CT molecular complexity index is 744. The molecular weight excluding hydrogens is 318 g/mol. The molecule has 0 aliphatic carbocycles. The molecule has 2 heterocycles. The predicted molar refractivity (Wildman–Crippen MR) is 86.8 cm³/mol. The molecule has 1 atom stereocenters. The number of rotatable bonds is 3. The van der Waals surface area contributed by atoms with E-state index in [0.29, 0.717) is 30.5 Å². The van der Waals surface area contributed by atoms with Crippen LogP contribution in [0.15, 0.2) is 41.5 Å². The van der Waals surface area contributed by atoms with Crippen LogP contribution in [0.1, 0.15) is 11.6 Å². The molecule has 23 heavy (non-hydrogen) atoms. The highest BCUT2D eigenvalue weighted by atomic mass is 35.5. The molecule has 0 unspecified atom stereocenters. The van der Waals surface area contributed by atoms with Gasteiger partial charge in [-0.25, -0.2) is 0 Å². The number of hydrogen-bond donors (Lipinski definition) is 1. The van der Waals surface area contributed by atoms with Gasteiger partial charge in [0.15, 0.2) is 0 Å². The molecule has 0 spiro atoms. The van der Waals surface area contributed by atoms with Crippen LogP contribution >= 0.6 is 11.6 Å². The summed E-state index contributed by atoms with van der Waals surface area (Å²) in [7, 11) is 0. The van der Waals surface area contributed by atoms with Crippen molar-refractivity contribution in [2.24, 2.45) is 0 Å². The van der Waals surface area contributed by atoms with Crippen molar-refractivity contribution in [2.45, 2.75) is 6.04 Å². The summed E-state index contributed by atoms with van der Waals surface area (Å²) in [5.74, 6) is -0.134. The number of halogens is 1. The van der Waals surface area contributed by atoms with Gasteiger partial charge in [-0.3, -0.25) is 4.79 Å². The predicted octanol–water partition coefficient (Wildman–Crippen LogP) is 2.66. The second-order valence-corrected chi connectivity index (χ2v) is 5.61. The molecule has 1 amide bonds. The summed E-state index contributed by atoms with van der Waals surface area (Å²) in [6.45, 7) is 4.97. The smallest absolute Gasteiger partial charge is 0.292 e. The van der Waals surface area contributed by atoms with E-state index in [0.717, 1.165) is 11.1 Å². The average Bonchev–Trinajstić information content (AvgIpc) is 3.00. The fourth-order valence-corrected chi connectivity index (χ4v) is 2.88. The first-order valence-corrected chi connectivity index (χ1v) is 7.49. The number of aromatic nitrogens is 1. The molecule has 120 valence electrons. The van der Waals surface area contributed by atoms with Gasteiger partial charge in [0.1, 0.15) is 12.0 Å². The Morgan fingerprint density at radius 3 is 3.00 bits per heavy atom. The Balaban J connectivity index is 1.99. The fraction of sp³-hybridized carbons (Fsp3) is 0.250. The summed E-state index contributed by atoms with van der Waals surface area (Å²) in [5.41, 5.74) is 7.74. The standard InChI is InChI=1S/C16H16ClN3O3/c1-2-15(21)20-3-4-22-9-14(20)11-5-10(6-12(17)7-11)13-8-23-16(18)19-13/h2,5-8,14H,1,3-4,9H2,(H2,18,19)/t14-/m0/s1. The highest BCUT2D eigenvalue weighted by Crippen LogP contribution is 2.31. The molecule has 0 saturated carbocycles. The van der Waals surface area contributed by atoms with E-state index in [1.807, 2.05) is 12.1 Å². The number of nitrogen functional groups attached to an aromatic ring is 1. The van der Waals surface area contributed by atoms with Crippen LogP contribution in [0, 0.1) is 0 Å². The Morgan fingerprint density at radius 2 is 2.30 bits per heavy atom. The van der Waals surface area contributed by atoms with Crippen molar-refractivity contribution in [3.63, 3.8) is 0 Å². The number of nitrogens with two attached hydrogens (primary N) is 1. The highest BCUT2D eigenvalue weighted by molar-refractivity contribution is 6.31. The van der Waals surface area contributed by atoms with Crippen molar-refractivity contribution in [1.82, 2.24) is 9.88 Å². The van der Waals surface area contributed by atoms with E-state index >= 15 is 0 Å². The minimum absolute atomic E-state index is 0.0889. The van der Waals surface area contributed by atoms with E-state index in [2.05, 4.69) is 11.6 Å². The van der Waals surface area contributed by atoms with Crippen molar-refractivity contribution in [3.8, 4) is 11.3 Å². The third-order valence-corrected chi connectivity index (χ3v) is 3.93.